The summed E-state index contributed by atoms with van der Waals surface area (Å²) in [6.07, 6.45) is 5.60. The highest BCUT2D eigenvalue weighted by Crippen LogP contribution is 2.62. The van der Waals surface area contributed by atoms with Gasteiger partial charge in [0.15, 0.2) is 6.29 Å². The summed E-state index contributed by atoms with van der Waals surface area (Å²) in [6.45, 7) is 3.56. The predicted octanol–water partition coefficient (Wildman–Crippen LogP) is 2.47. The van der Waals surface area contributed by atoms with Crippen molar-refractivity contribution in [2.45, 2.75) is 45.3 Å². The molecule has 0 spiro atoms. The highest BCUT2D eigenvalue weighted by molar-refractivity contribution is 5.16. The number of nitriles is 1. The van der Waals surface area contributed by atoms with Gasteiger partial charge in [-0.25, -0.2) is 0 Å². The first-order chi connectivity index (χ1) is 7.70. The predicted molar refractivity (Wildman–Crippen MR) is 58.4 cm³/mol. The third-order valence-corrected chi connectivity index (χ3v) is 5.12. The standard InChI is InChI=1S/C13H19NO2/c1-12-4-2-10(3-5-12)8-13(12,9-14)11-15-6-7-16-11/h10-11H,2-8H2,1H3. The lowest BCUT2D eigenvalue weighted by atomic mass is 9.48. The molecular weight excluding hydrogens is 202 g/mol. The van der Waals surface area contributed by atoms with Gasteiger partial charge in [-0.05, 0) is 43.4 Å². The molecule has 4 fully saturated rings. The zero-order chi connectivity index (χ0) is 11.2. The van der Waals surface area contributed by atoms with Crippen LogP contribution in [0.25, 0.3) is 0 Å². The van der Waals surface area contributed by atoms with Gasteiger partial charge in [0.1, 0.15) is 5.41 Å². The molecule has 0 aromatic carbocycles. The van der Waals surface area contributed by atoms with Crippen molar-refractivity contribution in [3.63, 3.8) is 0 Å². The van der Waals surface area contributed by atoms with Crippen molar-refractivity contribution < 1.29 is 9.47 Å². The van der Waals surface area contributed by atoms with Crippen LogP contribution >= 0.6 is 0 Å². The number of rotatable bonds is 1. The third kappa shape index (κ3) is 1.20. The average molecular weight is 221 g/mol. The van der Waals surface area contributed by atoms with E-state index in [1.54, 1.807) is 0 Å². The molecular formula is C13H19NO2. The van der Waals surface area contributed by atoms with Gasteiger partial charge in [-0.3, -0.25) is 0 Å². The minimum absolute atomic E-state index is 0.103. The summed E-state index contributed by atoms with van der Waals surface area (Å²) >= 11 is 0. The first-order valence-electron chi connectivity index (χ1n) is 6.35. The van der Waals surface area contributed by atoms with Crippen LogP contribution in [0.15, 0.2) is 0 Å². The van der Waals surface area contributed by atoms with Crippen LogP contribution in [0.1, 0.15) is 39.0 Å². The first-order valence-corrected chi connectivity index (χ1v) is 6.35. The fourth-order valence-electron chi connectivity index (χ4n) is 3.92. The molecule has 0 radical (unpaired) electrons. The number of fused-ring (bicyclic) bond motifs is 3. The molecule has 3 heteroatoms. The molecule has 4 aliphatic rings. The van der Waals surface area contributed by atoms with E-state index < -0.39 is 0 Å². The van der Waals surface area contributed by atoms with Gasteiger partial charge < -0.3 is 9.47 Å². The molecule has 2 bridgehead atoms. The molecule has 3 nitrogen and oxygen atoms in total. The van der Waals surface area contributed by atoms with E-state index in [0.717, 1.165) is 19.3 Å². The largest absolute Gasteiger partial charge is 0.349 e. The Morgan fingerprint density at radius 1 is 1.19 bits per heavy atom. The summed E-state index contributed by atoms with van der Waals surface area (Å²) in [5.41, 5.74) is -0.282. The molecule has 0 amide bonds. The molecule has 1 heterocycles. The van der Waals surface area contributed by atoms with Gasteiger partial charge in [-0.2, -0.15) is 5.26 Å². The minimum Gasteiger partial charge on any atom is -0.349 e. The van der Waals surface area contributed by atoms with Gasteiger partial charge >= 0.3 is 0 Å². The number of hydrogen-bond acceptors (Lipinski definition) is 3. The Balaban J connectivity index is 1.97. The second kappa shape index (κ2) is 3.45. The summed E-state index contributed by atoms with van der Waals surface area (Å²) < 4.78 is 11.3. The first kappa shape index (κ1) is 10.6. The second-order valence-corrected chi connectivity index (χ2v) is 5.86. The normalized spacial score (nSPS) is 48.1. The fraction of sp³-hybridized carbons (Fsp3) is 0.923. The van der Waals surface area contributed by atoms with Crippen LogP contribution in [-0.2, 0) is 9.47 Å². The molecule has 88 valence electrons. The fourth-order valence-corrected chi connectivity index (χ4v) is 3.92. The number of ether oxygens (including phenoxy) is 2. The summed E-state index contributed by atoms with van der Waals surface area (Å²) in [6, 6.07) is 2.58. The Hall–Kier alpha value is -0.590. The van der Waals surface area contributed by atoms with Crippen molar-refractivity contribution in [1.29, 1.82) is 5.26 Å². The maximum absolute atomic E-state index is 9.68. The van der Waals surface area contributed by atoms with Gasteiger partial charge in [-0.1, -0.05) is 6.92 Å². The molecule has 3 saturated carbocycles. The SMILES string of the molecule is CC12CCC(CC1)CC2(C#N)C1OCCO1. The molecule has 1 saturated heterocycles. The van der Waals surface area contributed by atoms with E-state index in [0.29, 0.717) is 19.1 Å². The van der Waals surface area contributed by atoms with Crippen LogP contribution in [0.2, 0.25) is 0 Å². The topological polar surface area (TPSA) is 42.2 Å². The highest BCUT2D eigenvalue weighted by Gasteiger charge is 2.61. The summed E-state index contributed by atoms with van der Waals surface area (Å²) in [4.78, 5) is 0. The van der Waals surface area contributed by atoms with E-state index in [9.17, 15) is 5.26 Å². The Morgan fingerprint density at radius 3 is 2.31 bits per heavy atom. The molecule has 1 atom stereocenters. The van der Waals surface area contributed by atoms with Crippen LogP contribution in [0, 0.1) is 28.1 Å². The van der Waals surface area contributed by atoms with Crippen LogP contribution in [0.3, 0.4) is 0 Å². The van der Waals surface area contributed by atoms with Crippen LogP contribution < -0.4 is 0 Å². The van der Waals surface area contributed by atoms with Crippen LogP contribution in [-0.4, -0.2) is 19.5 Å². The van der Waals surface area contributed by atoms with Gasteiger partial charge in [0.2, 0.25) is 0 Å². The summed E-state index contributed by atoms with van der Waals surface area (Å²) in [7, 11) is 0. The second-order valence-electron chi connectivity index (χ2n) is 5.86. The monoisotopic (exact) mass is 221 g/mol. The lowest BCUT2D eigenvalue weighted by Crippen LogP contribution is -2.55. The zero-order valence-electron chi connectivity index (χ0n) is 9.87. The van der Waals surface area contributed by atoms with Gasteiger partial charge in [-0.15, -0.1) is 0 Å². The Labute approximate surface area is 96.7 Å². The molecule has 0 aromatic heterocycles. The molecule has 3 aliphatic carbocycles. The lowest BCUT2D eigenvalue weighted by Gasteiger charge is -2.56. The Bertz CT molecular complexity index is 321. The molecule has 0 aromatic rings. The number of hydrogen-bond donors (Lipinski definition) is 0. The van der Waals surface area contributed by atoms with Crippen molar-refractivity contribution in [3.8, 4) is 6.07 Å². The summed E-state index contributed by atoms with van der Waals surface area (Å²) in [5.74, 6) is 0.717. The molecule has 0 N–H and O–H groups in total. The molecule has 16 heavy (non-hydrogen) atoms. The third-order valence-electron chi connectivity index (χ3n) is 5.12. The van der Waals surface area contributed by atoms with Gasteiger partial charge in [0, 0.05) is 0 Å². The van der Waals surface area contributed by atoms with Crippen LogP contribution in [0.4, 0.5) is 0 Å². The van der Waals surface area contributed by atoms with E-state index >= 15 is 0 Å². The average Bonchev–Trinajstić information content (AvgIpc) is 2.83. The van der Waals surface area contributed by atoms with E-state index in [2.05, 4.69) is 13.0 Å². The maximum Gasteiger partial charge on any atom is 0.176 e. The Morgan fingerprint density at radius 2 is 1.81 bits per heavy atom. The van der Waals surface area contributed by atoms with Crippen LogP contribution in [0.5, 0.6) is 0 Å². The lowest BCUT2D eigenvalue weighted by molar-refractivity contribution is -0.195. The minimum atomic E-state index is -0.384. The van der Waals surface area contributed by atoms with Gasteiger partial charge in [0.05, 0.1) is 19.3 Å². The molecule has 4 rings (SSSR count). The van der Waals surface area contributed by atoms with Crippen molar-refractivity contribution in [1.82, 2.24) is 0 Å². The highest BCUT2D eigenvalue weighted by atomic mass is 16.7. The zero-order valence-corrected chi connectivity index (χ0v) is 9.87. The van der Waals surface area contributed by atoms with E-state index in [1.165, 1.54) is 12.8 Å². The van der Waals surface area contributed by atoms with Crippen molar-refractivity contribution in [3.05, 3.63) is 0 Å². The maximum atomic E-state index is 9.68. The van der Waals surface area contributed by atoms with E-state index in [-0.39, 0.29) is 17.1 Å². The van der Waals surface area contributed by atoms with Crippen molar-refractivity contribution in [2.24, 2.45) is 16.7 Å². The molecule has 1 unspecified atom stereocenters. The summed E-state index contributed by atoms with van der Waals surface area (Å²) in [5, 5.41) is 9.68. The Kier molecular flexibility index (Phi) is 2.28. The van der Waals surface area contributed by atoms with Crippen molar-refractivity contribution >= 4 is 0 Å². The van der Waals surface area contributed by atoms with Gasteiger partial charge in [0.25, 0.3) is 0 Å². The molecule has 1 aliphatic heterocycles. The quantitative estimate of drug-likeness (QED) is 0.683. The smallest absolute Gasteiger partial charge is 0.176 e. The van der Waals surface area contributed by atoms with E-state index in [4.69, 9.17) is 9.47 Å². The number of nitrogens with zero attached hydrogens (tertiary/aromatic N) is 1. The van der Waals surface area contributed by atoms with Crippen molar-refractivity contribution in [2.75, 3.05) is 13.2 Å². The van der Waals surface area contributed by atoms with E-state index in [1.807, 2.05) is 0 Å².